The zero-order chi connectivity index (χ0) is 11.9. The molecule has 0 fully saturated rings. The smallest absolute Gasteiger partial charge is 0.269 e. The van der Waals surface area contributed by atoms with Gasteiger partial charge in [0.05, 0.1) is 11.9 Å². The van der Waals surface area contributed by atoms with E-state index in [1.807, 2.05) is 6.20 Å². The first-order chi connectivity index (χ1) is 7.38. The van der Waals surface area contributed by atoms with E-state index in [1.165, 1.54) is 0 Å². The number of imidazole rings is 1. The quantitative estimate of drug-likeness (QED) is 0.779. The SMILES string of the molecule is CC(C)(C)c1cn2nc(C(N)=O)ccc2n1. The lowest BCUT2D eigenvalue weighted by molar-refractivity contribution is 0.0994. The van der Waals surface area contributed by atoms with Crippen LogP contribution < -0.4 is 5.73 Å². The summed E-state index contributed by atoms with van der Waals surface area (Å²) in [4.78, 5) is 15.4. The van der Waals surface area contributed by atoms with Gasteiger partial charge in [0.1, 0.15) is 5.69 Å². The van der Waals surface area contributed by atoms with Crippen LogP contribution in [0, 0.1) is 0 Å². The Kier molecular flexibility index (Phi) is 2.18. The second-order valence-electron chi connectivity index (χ2n) is 4.76. The van der Waals surface area contributed by atoms with Crippen LogP contribution in [0.15, 0.2) is 18.3 Å². The van der Waals surface area contributed by atoms with Crippen LogP contribution in [-0.4, -0.2) is 20.5 Å². The summed E-state index contributed by atoms with van der Waals surface area (Å²) >= 11 is 0. The maximum Gasteiger partial charge on any atom is 0.269 e. The van der Waals surface area contributed by atoms with Crippen molar-refractivity contribution in [1.82, 2.24) is 14.6 Å². The van der Waals surface area contributed by atoms with Gasteiger partial charge in [-0.15, -0.1) is 0 Å². The minimum absolute atomic E-state index is 0.0411. The molecular weight excluding hydrogens is 204 g/mol. The monoisotopic (exact) mass is 218 g/mol. The predicted molar refractivity (Wildman–Crippen MR) is 60.2 cm³/mol. The molecule has 0 atom stereocenters. The molecular formula is C11H14N4O. The van der Waals surface area contributed by atoms with Crippen molar-refractivity contribution in [2.75, 3.05) is 0 Å². The summed E-state index contributed by atoms with van der Waals surface area (Å²) in [6.45, 7) is 6.22. The molecule has 2 rings (SSSR count). The molecule has 0 bridgehead atoms. The molecule has 2 heterocycles. The third-order valence-corrected chi connectivity index (χ3v) is 2.34. The standard InChI is InChI=1S/C11H14N4O/c1-11(2,3)8-6-15-9(13-8)5-4-7(14-15)10(12)16/h4-6H,1-3H3,(H2,12,16). The van der Waals surface area contributed by atoms with Gasteiger partial charge >= 0.3 is 0 Å². The van der Waals surface area contributed by atoms with Crippen LogP contribution >= 0.6 is 0 Å². The van der Waals surface area contributed by atoms with Crippen LogP contribution in [0.2, 0.25) is 0 Å². The fourth-order valence-corrected chi connectivity index (χ4v) is 1.37. The van der Waals surface area contributed by atoms with Crippen molar-refractivity contribution in [2.45, 2.75) is 26.2 Å². The van der Waals surface area contributed by atoms with Gasteiger partial charge < -0.3 is 5.73 Å². The molecule has 2 aromatic rings. The number of hydrogen-bond acceptors (Lipinski definition) is 3. The molecule has 0 aliphatic heterocycles. The van der Waals surface area contributed by atoms with E-state index < -0.39 is 5.91 Å². The van der Waals surface area contributed by atoms with E-state index >= 15 is 0 Å². The molecule has 0 aliphatic carbocycles. The van der Waals surface area contributed by atoms with Crippen molar-refractivity contribution in [3.8, 4) is 0 Å². The molecule has 0 aliphatic rings. The third kappa shape index (κ3) is 1.76. The number of nitrogens with zero attached hydrogens (tertiary/aromatic N) is 3. The van der Waals surface area contributed by atoms with Crippen LogP contribution in [0.3, 0.4) is 0 Å². The largest absolute Gasteiger partial charge is 0.364 e. The fourth-order valence-electron chi connectivity index (χ4n) is 1.37. The molecule has 0 radical (unpaired) electrons. The highest BCUT2D eigenvalue weighted by atomic mass is 16.1. The van der Waals surface area contributed by atoms with Crippen molar-refractivity contribution in [3.05, 3.63) is 29.7 Å². The Hall–Kier alpha value is -1.91. The normalized spacial score (nSPS) is 11.9. The molecule has 84 valence electrons. The molecule has 0 unspecified atom stereocenters. The number of amides is 1. The van der Waals surface area contributed by atoms with Gasteiger partial charge in [0.2, 0.25) is 0 Å². The van der Waals surface area contributed by atoms with E-state index in [4.69, 9.17) is 5.73 Å². The van der Waals surface area contributed by atoms with Gasteiger partial charge in [0, 0.05) is 5.41 Å². The minimum atomic E-state index is -0.534. The van der Waals surface area contributed by atoms with Gasteiger partial charge in [0.15, 0.2) is 5.65 Å². The van der Waals surface area contributed by atoms with Gasteiger partial charge in [-0.05, 0) is 12.1 Å². The van der Waals surface area contributed by atoms with E-state index in [1.54, 1.807) is 16.6 Å². The first-order valence-corrected chi connectivity index (χ1v) is 5.04. The van der Waals surface area contributed by atoms with Crippen molar-refractivity contribution < 1.29 is 4.79 Å². The van der Waals surface area contributed by atoms with E-state index in [0.717, 1.165) is 11.3 Å². The molecule has 1 amide bonds. The van der Waals surface area contributed by atoms with E-state index in [9.17, 15) is 4.79 Å². The van der Waals surface area contributed by atoms with Crippen LogP contribution in [0.1, 0.15) is 37.0 Å². The second-order valence-corrected chi connectivity index (χ2v) is 4.76. The molecule has 5 nitrogen and oxygen atoms in total. The van der Waals surface area contributed by atoms with Crippen molar-refractivity contribution in [2.24, 2.45) is 5.73 Å². The Morgan fingerprint density at radius 3 is 2.62 bits per heavy atom. The zero-order valence-electron chi connectivity index (χ0n) is 9.56. The highest BCUT2D eigenvalue weighted by Gasteiger charge is 2.18. The van der Waals surface area contributed by atoms with Crippen LogP contribution in [0.4, 0.5) is 0 Å². The predicted octanol–water partition coefficient (Wildman–Crippen LogP) is 1.13. The number of aromatic nitrogens is 3. The molecule has 2 aromatic heterocycles. The molecule has 0 saturated carbocycles. The van der Waals surface area contributed by atoms with E-state index in [-0.39, 0.29) is 11.1 Å². The topological polar surface area (TPSA) is 73.3 Å². The maximum atomic E-state index is 11.0. The summed E-state index contributed by atoms with van der Waals surface area (Å²) in [6, 6.07) is 3.32. The van der Waals surface area contributed by atoms with E-state index in [2.05, 4.69) is 30.9 Å². The van der Waals surface area contributed by atoms with Gasteiger partial charge in [0.25, 0.3) is 5.91 Å². The number of hydrogen-bond donors (Lipinski definition) is 1. The van der Waals surface area contributed by atoms with E-state index in [0.29, 0.717) is 0 Å². The number of carbonyl (C=O) groups is 1. The van der Waals surface area contributed by atoms with Crippen molar-refractivity contribution in [1.29, 1.82) is 0 Å². The van der Waals surface area contributed by atoms with Gasteiger partial charge in [-0.3, -0.25) is 4.79 Å². The summed E-state index contributed by atoms with van der Waals surface area (Å²) < 4.78 is 1.58. The lowest BCUT2D eigenvalue weighted by Gasteiger charge is -2.13. The first-order valence-electron chi connectivity index (χ1n) is 5.04. The minimum Gasteiger partial charge on any atom is -0.364 e. The summed E-state index contributed by atoms with van der Waals surface area (Å²) in [5.41, 5.74) is 7.01. The third-order valence-electron chi connectivity index (χ3n) is 2.34. The number of nitrogens with two attached hydrogens (primary N) is 1. The van der Waals surface area contributed by atoms with Gasteiger partial charge in [-0.1, -0.05) is 20.8 Å². The first kappa shape index (κ1) is 10.6. The molecule has 2 N–H and O–H groups in total. The number of rotatable bonds is 1. The molecule has 16 heavy (non-hydrogen) atoms. The summed E-state index contributed by atoms with van der Waals surface area (Å²) in [5, 5.41) is 4.09. The Morgan fingerprint density at radius 2 is 2.06 bits per heavy atom. The van der Waals surface area contributed by atoms with Crippen LogP contribution in [-0.2, 0) is 5.41 Å². The second kappa shape index (κ2) is 3.30. The number of primary amides is 1. The van der Waals surface area contributed by atoms with Gasteiger partial charge in [-0.25, -0.2) is 9.50 Å². The van der Waals surface area contributed by atoms with Gasteiger partial charge in [-0.2, -0.15) is 5.10 Å². The number of carbonyl (C=O) groups excluding carboxylic acids is 1. The highest BCUT2D eigenvalue weighted by Crippen LogP contribution is 2.20. The highest BCUT2D eigenvalue weighted by molar-refractivity contribution is 5.90. The molecule has 0 aromatic carbocycles. The van der Waals surface area contributed by atoms with Crippen molar-refractivity contribution >= 4 is 11.6 Å². The summed E-state index contributed by atoms with van der Waals surface area (Å²) in [5.74, 6) is -0.534. The Morgan fingerprint density at radius 1 is 1.38 bits per heavy atom. The Labute approximate surface area is 93.3 Å². The summed E-state index contributed by atoms with van der Waals surface area (Å²) in [6.07, 6.45) is 1.82. The zero-order valence-corrected chi connectivity index (χ0v) is 9.56. The Bertz CT molecular complexity index is 551. The fraction of sp³-hybridized carbons (Fsp3) is 0.364. The Balaban J connectivity index is 2.59. The molecule has 0 spiro atoms. The lowest BCUT2D eigenvalue weighted by atomic mass is 9.93. The number of fused-ring (bicyclic) bond motifs is 1. The average molecular weight is 218 g/mol. The molecule has 0 saturated heterocycles. The van der Waals surface area contributed by atoms with Crippen LogP contribution in [0.5, 0.6) is 0 Å². The van der Waals surface area contributed by atoms with Crippen molar-refractivity contribution in [3.63, 3.8) is 0 Å². The lowest BCUT2D eigenvalue weighted by Crippen LogP contribution is -2.14. The molecule has 5 heteroatoms. The maximum absolute atomic E-state index is 11.0. The summed E-state index contributed by atoms with van der Waals surface area (Å²) in [7, 11) is 0. The average Bonchev–Trinajstić information content (AvgIpc) is 2.58. The van der Waals surface area contributed by atoms with Crippen LogP contribution in [0.25, 0.3) is 5.65 Å².